The largest absolute Gasteiger partial charge is 0.497 e. The predicted molar refractivity (Wildman–Crippen MR) is 70.8 cm³/mol. The number of ether oxygens (including phenoxy) is 1. The second kappa shape index (κ2) is 4.73. The van der Waals surface area contributed by atoms with Crippen LogP contribution in [0.5, 0.6) is 5.75 Å². The SMILES string of the molecule is COc1ccc([C@@]2(C(F)(F)F)N[C@H]2c2ccncc2)cc1. The van der Waals surface area contributed by atoms with Gasteiger partial charge in [0.05, 0.1) is 13.2 Å². The number of aromatic nitrogens is 1. The van der Waals surface area contributed by atoms with Gasteiger partial charge in [-0.25, -0.2) is 0 Å². The summed E-state index contributed by atoms with van der Waals surface area (Å²) in [6.45, 7) is 0. The molecular formula is C15H13F3N2O. The van der Waals surface area contributed by atoms with Crippen molar-refractivity contribution in [2.75, 3.05) is 7.11 Å². The van der Waals surface area contributed by atoms with Crippen LogP contribution in [0.15, 0.2) is 48.8 Å². The van der Waals surface area contributed by atoms with Gasteiger partial charge in [0, 0.05) is 12.4 Å². The minimum Gasteiger partial charge on any atom is -0.497 e. The normalized spacial score (nSPS) is 24.7. The third-order valence-electron chi connectivity index (χ3n) is 3.75. The van der Waals surface area contributed by atoms with Crippen molar-refractivity contribution in [2.45, 2.75) is 17.8 Å². The molecule has 6 heteroatoms. The van der Waals surface area contributed by atoms with E-state index in [4.69, 9.17) is 4.74 Å². The summed E-state index contributed by atoms with van der Waals surface area (Å²) in [6, 6.07) is 8.34. The zero-order chi connectivity index (χ0) is 15.1. The fourth-order valence-electron chi connectivity index (χ4n) is 2.59. The highest BCUT2D eigenvalue weighted by Gasteiger charge is 2.72. The first-order valence-corrected chi connectivity index (χ1v) is 6.38. The molecule has 2 atom stereocenters. The Hall–Kier alpha value is -2.08. The van der Waals surface area contributed by atoms with Gasteiger partial charge < -0.3 is 4.74 Å². The van der Waals surface area contributed by atoms with Gasteiger partial charge in [0.15, 0.2) is 5.54 Å². The molecule has 0 unspecified atom stereocenters. The van der Waals surface area contributed by atoms with Crippen molar-refractivity contribution < 1.29 is 17.9 Å². The summed E-state index contributed by atoms with van der Waals surface area (Å²) < 4.78 is 45.8. The van der Waals surface area contributed by atoms with Gasteiger partial charge >= 0.3 is 6.18 Å². The highest BCUT2D eigenvalue weighted by molar-refractivity contribution is 5.44. The lowest BCUT2D eigenvalue weighted by atomic mass is 9.91. The Morgan fingerprint density at radius 2 is 1.71 bits per heavy atom. The van der Waals surface area contributed by atoms with Crippen LogP contribution >= 0.6 is 0 Å². The molecule has 1 N–H and O–H groups in total. The maximum atomic E-state index is 13.6. The van der Waals surface area contributed by atoms with Crippen LogP contribution in [0.4, 0.5) is 13.2 Å². The average Bonchev–Trinajstić information content (AvgIpc) is 3.25. The first-order valence-electron chi connectivity index (χ1n) is 6.38. The molecule has 0 radical (unpaired) electrons. The maximum Gasteiger partial charge on any atom is 0.412 e. The van der Waals surface area contributed by atoms with E-state index in [-0.39, 0.29) is 5.56 Å². The van der Waals surface area contributed by atoms with Crippen LogP contribution in [0.1, 0.15) is 17.2 Å². The zero-order valence-electron chi connectivity index (χ0n) is 11.2. The minimum absolute atomic E-state index is 0.178. The van der Waals surface area contributed by atoms with Crippen LogP contribution in [0.25, 0.3) is 0 Å². The van der Waals surface area contributed by atoms with Crippen molar-refractivity contribution in [3.05, 3.63) is 59.9 Å². The average molecular weight is 294 g/mol. The molecule has 2 heterocycles. The summed E-state index contributed by atoms with van der Waals surface area (Å²) in [5.41, 5.74) is -1.29. The van der Waals surface area contributed by atoms with Crippen LogP contribution in [-0.4, -0.2) is 18.3 Å². The van der Waals surface area contributed by atoms with Gasteiger partial charge in [-0.15, -0.1) is 0 Å². The summed E-state index contributed by atoms with van der Waals surface area (Å²) in [5, 5.41) is 2.60. The monoisotopic (exact) mass is 294 g/mol. The van der Waals surface area contributed by atoms with Crippen molar-refractivity contribution in [1.82, 2.24) is 10.3 Å². The molecule has 3 nitrogen and oxygen atoms in total. The Labute approximate surface area is 119 Å². The summed E-state index contributed by atoms with van der Waals surface area (Å²) in [6.07, 6.45) is -1.41. The van der Waals surface area contributed by atoms with Gasteiger partial charge in [0.2, 0.25) is 0 Å². The molecule has 0 bridgehead atoms. The molecule has 1 saturated heterocycles. The highest BCUT2D eigenvalue weighted by atomic mass is 19.4. The number of nitrogens with zero attached hydrogens (tertiary/aromatic N) is 1. The minimum atomic E-state index is -4.39. The van der Waals surface area contributed by atoms with E-state index >= 15 is 0 Å². The van der Waals surface area contributed by atoms with Crippen molar-refractivity contribution >= 4 is 0 Å². The standard InChI is InChI=1S/C15H13F3N2O/c1-21-12-4-2-11(3-5-12)14(15(16,17)18)13(20-14)10-6-8-19-9-7-10/h2-9,13,20H,1H3/t13-,14+/m0/s1. The number of alkyl halides is 3. The van der Waals surface area contributed by atoms with Gasteiger partial charge in [-0.1, -0.05) is 12.1 Å². The lowest BCUT2D eigenvalue weighted by Gasteiger charge is -2.20. The second-order valence-electron chi connectivity index (χ2n) is 4.89. The highest BCUT2D eigenvalue weighted by Crippen LogP contribution is 2.58. The van der Waals surface area contributed by atoms with Gasteiger partial charge in [0.1, 0.15) is 5.75 Å². The van der Waals surface area contributed by atoms with E-state index in [0.29, 0.717) is 11.3 Å². The van der Waals surface area contributed by atoms with Crippen molar-refractivity contribution in [3.63, 3.8) is 0 Å². The maximum absolute atomic E-state index is 13.6. The van der Waals surface area contributed by atoms with E-state index < -0.39 is 17.8 Å². The summed E-state index contributed by atoms with van der Waals surface area (Å²) in [5.74, 6) is 0.525. The third-order valence-corrected chi connectivity index (χ3v) is 3.75. The fraction of sp³-hybridized carbons (Fsp3) is 0.267. The first-order chi connectivity index (χ1) is 9.99. The van der Waals surface area contributed by atoms with E-state index in [1.165, 1.54) is 43.8 Å². The van der Waals surface area contributed by atoms with Crippen LogP contribution in [0.2, 0.25) is 0 Å². The summed E-state index contributed by atoms with van der Waals surface area (Å²) in [4.78, 5) is 3.84. The molecule has 1 aromatic carbocycles. The van der Waals surface area contributed by atoms with E-state index in [1.54, 1.807) is 12.1 Å². The number of halogens is 3. The number of benzene rings is 1. The smallest absolute Gasteiger partial charge is 0.412 e. The van der Waals surface area contributed by atoms with Gasteiger partial charge in [0.25, 0.3) is 0 Å². The first kappa shape index (κ1) is 13.9. The molecule has 2 aromatic rings. The van der Waals surface area contributed by atoms with Crippen LogP contribution < -0.4 is 10.1 Å². The number of hydrogen-bond acceptors (Lipinski definition) is 3. The fourth-order valence-corrected chi connectivity index (χ4v) is 2.59. The Balaban J connectivity index is 2.01. The lowest BCUT2D eigenvalue weighted by molar-refractivity contribution is -0.164. The molecule has 110 valence electrons. The molecule has 0 saturated carbocycles. The quantitative estimate of drug-likeness (QED) is 0.884. The van der Waals surface area contributed by atoms with Crippen molar-refractivity contribution in [3.8, 4) is 5.75 Å². The number of pyridine rings is 1. The lowest BCUT2D eigenvalue weighted by Crippen LogP contribution is -2.33. The Morgan fingerprint density at radius 1 is 1.10 bits per heavy atom. The zero-order valence-corrected chi connectivity index (χ0v) is 11.2. The van der Waals surface area contributed by atoms with Gasteiger partial charge in [-0.3, -0.25) is 10.3 Å². The number of hydrogen-bond donors (Lipinski definition) is 1. The van der Waals surface area contributed by atoms with Gasteiger partial charge in [-0.2, -0.15) is 13.2 Å². The number of rotatable bonds is 3. The second-order valence-corrected chi connectivity index (χ2v) is 4.89. The molecule has 1 aliphatic heterocycles. The molecule has 1 fully saturated rings. The molecule has 0 spiro atoms. The van der Waals surface area contributed by atoms with E-state index in [9.17, 15) is 13.2 Å². The Kier molecular flexibility index (Phi) is 3.13. The number of methoxy groups -OCH3 is 1. The third kappa shape index (κ3) is 2.15. The molecule has 0 amide bonds. The van der Waals surface area contributed by atoms with E-state index in [1.807, 2.05) is 0 Å². The molecule has 1 aromatic heterocycles. The predicted octanol–water partition coefficient (Wildman–Crippen LogP) is 3.19. The van der Waals surface area contributed by atoms with E-state index in [0.717, 1.165) is 0 Å². The van der Waals surface area contributed by atoms with Crippen LogP contribution in [-0.2, 0) is 5.54 Å². The molecular weight excluding hydrogens is 281 g/mol. The Morgan fingerprint density at radius 3 is 2.24 bits per heavy atom. The van der Waals surface area contributed by atoms with E-state index in [2.05, 4.69) is 10.3 Å². The van der Waals surface area contributed by atoms with Crippen LogP contribution in [0.3, 0.4) is 0 Å². The molecule has 21 heavy (non-hydrogen) atoms. The summed E-state index contributed by atoms with van der Waals surface area (Å²) >= 11 is 0. The summed E-state index contributed by atoms with van der Waals surface area (Å²) in [7, 11) is 1.48. The van der Waals surface area contributed by atoms with Gasteiger partial charge in [-0.05, 0) is 35.4 Å². The van der Waals surface area contributed by atoms with Crippen molar-refractivity contribution in [2.24, 2.45) is 0 Å². The topological polar surface area (TPSA) is 44.1 Å². The molecule has 3 rings (SSSR count). The number of nitrogens with one attached hydrogen (secondary N) is 1. The molecule has 1 aliphatic rings. The van der Waals surface area contributed by atoms with Crippen molar-refractivity contribution in [1.29, 1.82) is 0 Å². The van der Waals surface area contributed by atoms with Crippen LogP contribution in [0, 0.1) is 0 Å². The molecule has 0 aliphatic carbocycles. The Bertz CT molecular complexity index is 628.